The maximum absolute atomic E-state index is 12.4. The SMILES string of the molecule is O=C(Nc1cccc(-n2cnnn2)c1)c1cc(-c2ccccc2)on1. The number of amides is 1. The predicted octanol–water partition coefficient (Wildman–Crippen LogP) is 2.57. The summed E-state index contributed by atoms with van der Waals surface area (Å²) in [6.45, 7) is 0. The van der Waals surface area contributed by atoms with Gasteiger partial charge in [-0.05, 0) is 28.6 Å². The molecule has 0 saturated heterocycles. The van der Waals surface area contributed by atoms with Gasteiger partial charge in [0.05, 0.1) is 5.69 Å². The summed E-state index contributed by atoms with van der Waals surface area (Å²) in [7, 11) is 0. The molecule has 0 aliphatic carbocycles. The Bertz CT molecular complexity index is 995. The molecule has 0 aliphatic rings. The molecule has 122 valence electrons. The van der Waals surface area contributed by atoms with Gasteiger partial charge >= 0.3 is 0 Å². The maximum atomic E-state index is 12.4. The minimum atomic E-state index is -0.361. The lowest BCUT2D eigenvalue weighted by Gasteiger charge is -2.05. The molecular formula is C17H12N6O2. The lowest BCUT2D eigenvalue weighted by molar-refractivity contribution is 0.101. The van der Waals surface area contributed by atoms with Gasteiger partial charge in [-0.3, -0.25) is 4.79 Å². The molecular weight excluding hydrogens is 320 g/mol. The number of anilines is 1. The topological polar surface area (TPSA) is 98.7 Å². The smallest absolute Gasteiger partial charge is 0.277 e. The van der Waals surface area contributed by atoms with Gasteiger partial charge in [0.1, 0.15) is 6.33 Å². The molecule has 0 atom stereocenters. The number of nitrogens with zero attached hydrogens (tertiary/aromatic N) is 5. The molecule has 0 bridgehead atoms. The number of rotatable bonds is 4. The van der Waals surface area contributed by atoms with Crippen LogP contribution in [0, 0.1) is 0 Å². The van der Waals surface area contributed by atoms with E-state index in [4.69, 9.17) is 4.52 Å². The van der Waals surface area contributed by atoms with E-state index in [0.29, 0.717) is 11.4 Å². The highest BCUT2D eigenvalue weighted by Crippen LogP contribution is 2.20. The third-order valence-corrected chi connectivity index (χ3v) is 3.52. The van der Waals surface area contributed by atoms with E-state index in [2.05, 4.69) is 26.0 Å². The minimum absolute atomic E-state index is 0.201. The second-order valence-corrected chi connectivity index (χ2v) is 5.20. The molecule has 0 spiro atoms. The number of aromatic nitrogens is 5. The van der Waals surface area contributed by atoms with Gasteiger partial charge in [-0.2, -0.15) is 0 Å². The number of carbonyl (C=O) groups is 1. The van der Waals surface area contributed by atoms with Crippen LogP contribution in [-0.2, 0) is 0 Å². The molecule has 4 rings (SSSR count). The van der Waals surface area contributed by atoms with Crippen molar-refractivity contribution in [3.8, 4) is 17.0 Å². The molecule has 25 heavy (non-hydrogen) atoms. The Balaban J connectivity index is 1.53. The van der Waals surface area contributed by atoms with E-state index in [1.807, 2.05) is 36.4 Å². The van der Waals surface area contributed by atoms with Gasteiger partial charge in [-0.25, -0.2) is 4.68 Å². The second kappa shape index (κ2) is 6.36. The van der Waals surface area contributed by atoms with Gasteiger partial charge in [0.15, 0.2) is 11.5 Å². The first-order valence-electron chi connectivity index (χ1n) is 7.46. The average Bonchev–Trinajstić information content (AvgIpc) is 3.35. The summed E-state index contributed by atoms with van der Waals surface area (Å²) in [4.78, 5) is 12.4. The zero-order valence-electron chi connectivity index (χ0n) is 12.9. The van der Waals surface area contributed by atoms with E-state index in [1.165, 1.54) is 11.0 Å². The summed E-state index contributed by atoms with van der Waals surface area (Å²) in [5.74, 6) is 0.174. The molecule has 1 N–H and O–H groups in total. The van der Waals surface area contributed by atoms with Crippen molar-refractivity contribution in [1.82, 2.24) is 25.4 Å². The number of carbonyl (C=O) groups excluding carboxylic acids is 1. The highest BCUT2D eigenvalue weighted by molar-refractivity contribution is 6.03. The molecule has 0 aliphatic heterocycles. The summed E-state index contributed by atoms with van der Waals surface area (Å²) in [6, 6.07) is 18.2. The Kier molecular flexibility index (Phi) is 3.76. The first kappa shape index (κ1) is 14.8. The fraction of sp³-hybridized carbons (Fsp3) is 0. The molecule has 2 aromatic heterocycles. The minimum Gasteiger partial charge on any atom is -0.355 e. The van der Waals surface area contributed by atoms with Gasteiger partial charge in [-0.1, -0.05) is 41.6 Å². The average molecular weight is 332 g/mol. The van der Waals surface area contributed by atoms with Crippen LogP contribution in [-0.4, -0.2) is 31.3 Å². The van der Waals surface area contributed by atoms with E-state index in [9.17, 15) is 4.79 Å². The Hall–Kier alpha value is -3.81. The number of hydrogen-bond donors (Lipinski definition) is 1. The summed E-state index contributed by atoms with van der Waals surface area (Å²) in [5.41, 5.74) is 2.39. The molecule has 0 radical (unpaired) electrons. The van der Waals surface area contributed by atoms with Gasteiger partial charge in [-0.15, -0.1) is 5.10 Å². The maximum Gasteiger partial charge on any atom is 0.277 e. The standard InChI is InChI=1S/C17H12N6O2/c24-17(15-10-16(25-20-15)12-5-2-1-3-6-12)19-13-7-4-8-14(9-13)23-11-18-21-22-23/h1-11H,(H,19,24). The van der Waals surface area contributed by atoms with Crippen molar-refractivity contribution in [2.24, 2.45) is 0 Å². The van der Waals surface area contributed by atoms with E-state index in [0.717, 1.165) is 11.3 Å². The summed E-state index contributed by atoms with van der Waals surface area (Å²) in [5, 5.41) is 17.6. The monoisotopic (exact) mass is 332 g/mol. The number of nitrogens with one attached hydrogen (secondary N) is 1. The van der Waals surface area contributed by atoms with Crippen LogP contribution in [0.4, 0.5) is 5.69 Å². The van der Waals surface area contributed by atoms with E-state index >= 15 is 0 Å². The van der Waals surface area contributed by atoms with Crippen molar-refractivity contribution in [2.75, 3.05) is 5.32 Å². The highest BCUT2D eigenvalue weighted by Gasteiger charge is 2.14. The van der Waals surface area contributed by atoms with Crippen LogP contribution in [0.3, 0.4) is 0 Å². The Morgan fingerprint density at radius 3 is 2.72 bits per heavy atom. The van der Waals surface area contributed by atoms with Gasteiger partial charge < -0.3 is 9.84 Å². The van der Waals surface area contributed by atoms with E-state index in [1.54, 1.807) is 24.3 Å². The third-order valence-electron chi connectivity index (χ3n) is 3.52. The fourth-order valence-electron chi connectivity index (χ4n) is 2.32. The van der Waals surface area contributed by atoms with Crippen molar-refractivity contribution in [3.05, 3.63) is 72.7 Å². The van der Waals surface area contributed by atoms with Crippen LogP contribution in [0.5, 0.6) is 0 Å². The molecule has 1 amide bonds. The van der Waals surface area contributed by atoms with Crippen LogP contribution >= 0.6 is 0 Å². The van der Waals surface area contributed by atoms with Crippen LogP contribution in [0.2, 0.25) is 0 Å². The van der Waals surface area contributed by atoms with Crippen molar-refractivity contribution >= 4 is 11.6 Å². The van der Waals surface area contributed by atoms with Crippen molar-refractivity contribution in [1.29, 1.82) is 0 Å². The Labute approximate surface area is 142 Å². The van der Waals surface area contributed by atoms with Crippen molar-refractivity contribution in [3.63, 3.8) is 0 Å². The summed E-state index contributed by atoms with van der Waals surface area (Å²) in [6.07, 6.45) is 1.48. The van der Waals surface area contributed by atoms with Crippen LogP contribution in [0.1, 0.15) is 10.5 Å². The number of benzene rings is 2. The van der Waals surface area contributed by atoms with Crippen LogP contribution < -0.4 is 5.32 Å². The molecule has 8 nitrogen and oxygen atoms in total. The predicted molar refractivity (Wildman–Crippen MR) is 89.0 cm³/mol. The van der Waals surface area contributed by atoms with Crippen molar-refractivity contribution in [2.45, 2.75) is 0 Å². The lowest BCUT2D eigenvalue weighted by atomic mass is 10.1. The highest BCUT2D eigenvalue weighted by atomic mass is 16.5. The molecule has 0 saturated carbocycles. The zero-order valence-corrected chi connectivity index (χ0v) is 12.9. The second-order valence-electron chi connectivity index (χ2n) is 5.20. The molecule has 0 fully saturated rings. The van der Waals surface area contributed by atoms with Crippen molar-refractivity contribution < 1.29 is 9.32 Å². The van der Waals surface area contributed by atoms with E-state index in [-0.39, 0.29) is 11.6 Å². The number of hydrogen-bond acceptors (Lipinski definition) is 6. The normalized spacial score (nSPS) is 10.6. The Morgan fingerprint density at radius 1 is 1.04 bits per heavy atom. The van der Waals surface area contributed by atoms with Crippen LogP contribution in [0.25, 0.3) is 17.0 Å². The summed E-state index contributed by atoms with van der Waals surface area (Å²) >= 11 is 0. The summed E-state index contributed by atoms with van der Waals surface area (Å²) < 4.78 is 6.75. The number of tetrazole rings is 1. The lowest BCUT2D eigenvalue weighted by Crippen LogP contribution is -2.12. The quantitative estimate of drug-likeness (QED) is 0.616. The molecule has 2 aromatic carbocycles. The molecule has 2 heterocycles. The van der Waals surface area contributed by atoms with Gasteiger partial charge in [0.2, 0.25) is 0 Å². The first-order chi connectivity index (χ1) is 12.3. The van der Waals surface area contributed by atoms with Crippen LogP contribution in [0.15, 0.2) is 71.5 Å². The molecule has 8 heteroatoms. The van der Waals surface area contributed by atoms with Gasteiger partial charge in [0, 0.05) is 17.3 Å². The van der Waals surface area contributed by atoms with E-state index < -0.39 is 0 Å². The molecule has 0 unspecified atom stereocenters. The first-order valence-corrected chi connectivity index (χ1v) is 7.46. The van der Waals surface area contributed by atoms with Gasteiger partial charge in [0.25, 0.3) is 5.91 Å². The largest absolute Gasteiger partial charge is 0.355 e. The Morgan fingerprint density at radius 2 is 1.92 bits per heavy atom. The molecule has 4 aromatic rings. The fourth-order valence-corrected chi connectivity index (χ4v) is 2.32. The third kappa shape index (κ3) is 3.13. The zero-order chi connectivity index (χ0) is 17.1.